The van der Waals surface area contributed by atoms with E-state index in [9.17, 15) is 9.59 Å². The quantitative estimate of drug-likeness (QED) is 0.574. The molecule has 1 heterocycles. The first-order valence-corrected chi connectivity index (χ1v) is 7.45. The number of benzene rings is 2. The van der Waals surface area contributed by atoms with E-state index in [1.165, 1.54) is 0 Å². The van der Waals surface area contributed by atoms with Gasteiger partial charge in [0.25, 0.3) is 11.5 Å². The summed E-state index contributed by atoms with van der Waals surface area (Å²) in [6.45, 7) is 3.81. The van der Waals surface area contributed by atoms with Crippen molar-refractivity contribution in [1.82, 2.24) is 15.6 Å². The van der Waals surface area contributed by atoms with Crippen LogP contribution in [0.25, 0.3) is 10.8 Å². The zero-order valence-corrected chi connectivity index (χ0v) is 13.3. The molecule has 3 rings (SSSR count). The van der Waals surface area contributed by atoms with E-state index < -0.39 is 5.91 Å². The molecule has 2 aromatic carbocycles. The van der Waals surface area contributed by atoms with Crippen LogP contribution in [0.5, 0.6) is 0 Å². The van der Waals surface area contributed by atoms with Gasteiger partial charge in [-0.15, -0.1) is 0 Å². The van der Waals surface area contributed by atoms with Crippen LogP contribution in [0.4, 0.5) is 0 Å². The number of hydrogen-bond acceptors (Lipinski definition) is 4. The Morgan fingerprint density at radius 2 is 1.75 bits per heavy atom. The zero-order valence-electron chi connectivity index (χ0n) is 13.3. The molecule has 0 saturated heterocycles. The minimum Gasteiger partial charge on any atom is -0.267 e. The number of nitrogens with zero attached hydrogens (tertiary/aromatic N) is 2. The van der Waals surface area contributed by atoms with Crippen LogP contribution in [0.15, 0.2) is 58.4 Å². The normalized spacial score (nSPS) is 11.5. The van der Waals surface area contributed by atoms with Gasteiger partial charge in [-0.1, -0.05) is 48.0 Å². The maximum absolute atomic E-state index is 12.4. The molecule has 0 aliphatic heterocycles. The van der Waals surface area contributed by atoms with Crippen LogP contribution in [0.3, 0.4) is 0 Å². The van der Waals surface area contributed by atoms with Crippen LogP contribution < -0.4 is 11.0 Å². The van der Waals surface area contributed by atoms with E-state index in [1.807, 2.05) is 38.1 Å². The number of aromatic nitrogens is 2. The third kappa shape index (κ3) is 3.08. The van der Waals surface area contributed by atoms with Crippen molar-refractivity contribution in [1.29, 1.82) is 0 Å². The monoisotopic (exact) mass is 320 g/mol. The summed E-state index contributed by atoms with van der Waals surface area (Å²) in [5.41, 5.74) is 5.03. The van der Waals surface area contributed by atoms with Crippen molar-refractivity contribution >= 4 is 22.4 Å². The fraction of sp³-hybridized carbons (Fsp3) is 0.111. The van der Waals surface area contributed by atoms with Crippen molar-refractivity contribution < 1.29 is 4.79 Å². The molecule has 120 valence electrons. The van der Waals surface area contributed by atoms with Crippen LogP contribution in [0.1, 0.15) is 28.5 Å². The van der Waals surface area contributed by atoms with Crippen LogP contribution >= 0.6 is 0 Å². The molecule has 1 aromatic heterocycles. The fourth-order valence-electron chi connectivity index (χ4n) is 2.33. The molecule has 0 fully saturated rings. The van der Waals surface area contributed by atoms with E-state index >= 15 is 0 Å². The number of aromatic amines is 1. The molecule has 0 atom stereocenters. The SMILES string of the molecule is C/C(=N/NC(=O)c1n[nH]c(=O)c2ccccc12)c1ccc(C)cc1. The van der Waals surface area contributed by atoms with E-state index in [1.54, 1.807) is 24.3 Å². The topological polar surface area (TPSA) is 87.2 Å². The van der Waals surface area contributed by atoms with Crippen molar-refractivity contribution in [2.75, 3.05) is 0 Å². The first-order valence-electron chi connectivity index (χ1n) is 7.45. The number of carbonyl (C=O) groups is 1. The van der Waals surface area contributed by atoms with Gasteiger partial charge in [0.1, 0.15) is 0 Å². The van der Waals surface area contributed by atoms with E-state index in [0.29, 0.717) is 16.5 Å². The molecule has 0 bridgehead atoms. The van der Waals surface area contributed by atoms with Gasteiger partial charge in [0, 0.05) is 5.39 Å². The van der Waals surface area contributed by atoms with E-state index in [2.05, 4.69) is 20.7 Å². The van der Waals surface area contributed by atoms with Crippen LogP contribution in [-0.4, -0.2) is 21.8 Å². The summed E-state index contributed by atoms with van der Waals surface area (Å²) in [5.74, 6) is -0.478. The summed E-state index contributed by atoms with van der Waals surface area (Å²) < 4.78 is 0. The van der Waals surface area contributed by atoms with Crippen molar-refractivity contribution in [3.8, 4) is 0 Å². The Morgan fingerprint density at radius 1 is 1.08 bits per heavy atom. The summed E-state index contributed by atoms with van der Waals surface area (Å²) in [7, 11) is 0. The van der Waals surface area contributed by atoms with Crippen molar-refractivity contribution in [2.45, 2.75) is 13.8 Å². The zero-order chi connectivity index (χ0) is 17.1. The Morgan fingerprint density at radius 3 is 2.46 bits per heavy atom. The summed E-state index contributed by atoms with van der Waals surface area (Å²) >= 11 is 0. The van der Waals surface area contributed by atoms with Gasteiger partial charge in [0.05, 0.1) is 11.1 Å². The second-order valence-electron chi connectivity index (χ2n) is 5.45. The van der Waals surface area contributed by atoms with E-state index in [4.69, 9.17) is 0 Å². The maximum atomic E-state index is 12.4. The molecule has 0 saturated carbocycles. The van der Waals surface area contributed by atoms with Crippen LogP contribution in [0.2, 0.25) is 0 Å². The lowest BCUT2D eigenvalue weighted by molar-refractivity contribution is 0.0950. The summed E-state index contributed by atoms with van der Waals surface area (Å²) in [6, 6.07) is 14.7. The van der Waals surface area contributed by atoms with Crippen molar-refractivity contribution in [2.24, 2.45) is 5.10 Å². The Balaban J connectivity index is 1.88. The predicted octanol–water partition coefficient (Wildman–Crippen LogP) is 2.39. The minimum atomic E-state index is -0.478. The molecule has 3 aromatic rings. The number of rotatable bonds is 3. The first-order chi connectivity index (χ1) is 11.6. The molecule has 6 heteroatoms. The van der Waals surface area contributed by atoms with Crippen molar-refractivity contribution in [3.05, 3.63) is 75.7 Å². The molecule has 0 aliphatic carbocycles. The molecule has 0 unspecified atom stereocenters. The Bertz CT molecular complexity index is 988. The molecule has 1 amide bonds. The number of carbonyl (C=O) groups excluding carboxylic acids is 1. The number of aryl methyl sites for hydroxylation is 1. The third-order valence-electron chi connectivity index (χ3n) is 3.71. The number of hydrazone groups is 1. The van der Waals surface area contributed by atoms with Crippen LogP contribution in [0, 0.1) is 6.92 Å². The maximum Gasteiger partial charge on any atom is 0.292 e. The second kappa shape index (κ2) is 6.45. The molecular weight excluding hydrogens is 304 g/mol. The van der Waals surface area contributed by atoms with Crippen LogP contribution in [-0.2, 0) is 0 Å². The van der Waals surface area contributed by atoms with Gasteiger partial charge in [-0.25, -0.2) is 10.5 Å². The Hall–Kier alpha value is -3.28. The lowest BCUT2D eigenvalue weighted by Crippen LogP contribution is -2.23. The Labute approximate surface area is 138 Å². The van der Waals surface area contributed by atoms with Crippen molar-refractivity contribution in [3.63, 3.8) is 0 Å². The summed E-state index contributed by atoms with van der Waals surface area (Å²) in [6.07, 6.45) is 0. The van der Waals surface area contributed by atoms with E-state index in [0.717, 1.165) is 11.1 Å². The number of H-pyrrole nitrogens is 1. The highest BCUT2D eigenvalue weighted by Crippen LogP contribution is 2.12. The van der Waals surface area contributed by atoms with Gasteiger partial charge < -0.3 is 0 Å². The number of amides is 1. The molecular formula is C18H16N4O2. The van der Waals surface area contributed by atoms with Gasteiger partial charge in [-0.3, -0.25) is 9.59 Å². The van der Waals surface area contributed by atoms with Gasteiger partial charge in [0.15, 0.2) is 5.69 Å². The average Bonchev–Trinajstić information content (AvgIpc) is 2.60. The molecule has 6 nitrogen and oxygen atoms in total. The molecule has 24 heavy (non-hydrogen) atoms. The van der Waals surface area contributed by atoms with Gasteiger partial charge >= 0.3 is 0 Å². The smallest absolute Gasteiger partial charge is 0.267 e. The third-order valence-corrected chi connectivity index (χ3v) is 3.71. The lowest BCUT2D eigenvalue weighted by atomic mass is 10.1. The fourth-order valence-corrected chi connectivity index (χ4v) is 2.33. The lowest BCUT2D eigenvalue weighted by Gasteiger charge is -2.05. The number of nitrogens with one attached hydrogen (secondary N) is 2. The van der Waals surface area contributed by atoms with Gasteiger partial charge in [-0.05, 0) is 25.5 Å². The molecule has 0 spiro atoms. The second-order valence-corrected chi connectivity index (χ2v) is 5.45. The predicted molar refractivity (Wildman–Crippen MR) is 93.2 cm³/mol. The van der Waals surface area contributed by atoms with Gasteiger partial charge in [0.2, 0.25) is 0 Å². The Kier molecular flexibility index (Phi) is 4.20. The summed E-state index contributed by atoms with van der Waals surface area (Å²) in [5, 5.41) is 11.2. The minimum absolute atomic E-state index is 0.130. The molecule has 0 radical (unpaired) electrons. The standard InChI is InChI=1S/C18H16N4O2/c1-11-7-9-13(10-8-11)12(2)19-22-18(24)16-14-5-3-4-6-15(14)17(23)21-20-16/h3-10H,1-2H3,(H,21,23)(H,22,24)/b19-12-. The van der Waals surface area contributed by atoms with Gasteiger partial charge in [-0.2, -0.15) is 10.2 Å². The average molecular weight is 320 g/mol. The van der Waals surface area contributed by atoms with E-state index in [-0.39, 0.29) is 11.3 Å². The molecule has 2 N–H and O–H groups in total. The number of hydrogen-bond donors (Lipinski definition) is 2. The highest BCUT2D eigenvalue weighted by atomic mass is 16.2. The molecule has 0 aliphatic rings. The number of fused-ring (bicyclic) bond motifs is 1. The summed E-state index contributed by atoms with van der Waals surface area (Å²) in [4.78, 5) is 24.1. The first kappa shape index (κ1) is 15.6. The largest absolute Gasteiger partial charge is 0.292 e. The highest BCUT2D eigenvalue weighted by molar-refractivity contribution is 6.06. The highest BCUT2D eigenvalue weighted by Gasteiger charge is 2.13.